The predicted octanol–water partition coefficient (Wildman–Crippen LogP) is 2.11. The van der Waals surface area contributed by atoms with Crippen molar-refractivity contribution in [3.63, 3.8) is 0 Å². The number of aryl methyl sites for hydroxylation is 1. The molecule has 5 rings (SSSR count). The fourth-order valence-electron chi connectivity index (χ4n) is 4.93. The normalized spacial score (nSPS) is 21.5. The first-order valence-corrected chi connectivity index (χ1v) is 13.6. The van der Waals surface area contributed by atoms with Crippen molar-refractivity contribution in [1.29, 1.82) is 0 Å². The standard InChI is InChI=1S/C25H31FN6O2S/c1-20-3-2-4-22(13-20)14-29-9-11-30(12-10-29)25-18-32(35(33,34)19-25)17-24-16-31(28-27-24)15-21-5-7-23(26)8-6-21/h2-8,13,16,25H,9-12,14-15,17-19H2,1H3. The molecule has 2 saturated heterocycles. The molecule has 0 spiro atoms. The lowest BCUT2D eigenvalue weighted by Gasteiger charge is -2.37. The zero-order chi connectivity index (χ0) is 24.4. The summed E-state index contributed by atoms with van der Waals surface area (Å²) in [5, 5.41) is 8.28. The zero-order valence-electron chi connectivity index (χ0n) is 19.9. The molecule has 1 atom stereocenters. The van der Waals surface area contributed by atoms with Crippen molar-refractivity contribution in [3.05, 3.63) is 82.9 Å². The number of hydrogen-bond donors (Lipinski definition) is 0. The highest BCUT2D eigenvalue weighted by Crippen LogP contribution is 2.22. The van der Waals surface area contributed by atoms with Crippen LogP contribution < -0.4 is 0 Å². The van der Waals surface area contributed by atoms with Crippen LogP contribution in [0.15, 0.2) is 54.7 Å². The molecule has 8 nitrogen and oxygen atoms in total. The molecule has 0 saturated carbocycles. The molecule has 2 aliphatic heterocycles. The summed E-state index contributed by atoms with van der Waals surface area (Å²) < 4.78 is 42.1. The molecule has 1 aromatic heterocycles. The second kappa shape index (κ2) is 10.1. The van der Waals surface area contributed by atoms with Gasteiger partial charge in [0.05, 0.1) is 30.7 Å². The average Bonchev–Trinajstić information content (AvgIpc) is 3.39. The summed E-state index contributed by atoms with van der Waals surface area (Å²) >= 11 is 0. The van der Waals surface area contributed by atoms with E-state index >= 15 is 0 Å². The van der Waals surface area contributed by atoms with E-state index in [-0.39, 0.29) is 24.2 Å². The molecule has 0 amide bonds. The van der Waals surface area contributed by atoms with Crippen molar-refractivity contribution < 1.29 is 12.8 Å². The number of aromatic nitrogens is 3. The minimum Gasteiger partial charge on any atom is -0.297 e. The van der Waals surface area contributed by atoms with Crippen molar-refractivity contribution in [2.75, 3.05) is 38.5 Å². The maximum Gasteiger partial charge on any atom is 0.216 e. The van der Waals surface area contributed by atoms with E-state index < -0.39 is 10.0 Å². The third-order valence-corrected chi connectivity index (χ3v) is 8.68. The average molecular weight is 499 g/mol. The largest absolute Gasteiger partial charge is 0.297 e. The Hall–Kier alpha value is -2.66. The lowest BCUT2D eigenvalue weighted by Crippen LogP contribution is -2.51. The van der Waals surface area contributed by atoms with Gasteiger partial charge in [0.15, 0.2) is 0 Å². The number of sulfonamides is 1. The third kappa shape index (κ3) is 5.95. The Morgan fingerprint density at radius 1 is 0.971 bits per heavy atom. The van der Waals surface area contributed by atoms with E-state index in [1.54, 1.807) is 23.0 Å². The third-order valence-electron chi connectivity index (χ3n) is 6.81. The van der Waals surface area contributed by atoms with Crippen LogP contribution in [0.2, 0.25) is 0 Å². The van der Waals surface area contributed by atoms with Crippen LogP contribution in [0.1, 0.15) is 22.4 Å². The maximum absolute atomic E-state index is 13.1. The summed E-state index contributed by atoms with van der Waals surface area (Å²) in [6.07, 6.45) is 1.76. The highest BCUT2D eigenvalue weighted by Gasteiger charge is 2.40. The second-order valence-corrected chi connectivity index (χ2v) is 11.6. The molecule has 1 unspecified atom stereocenters. The smallest absolute Gasteiger partial charge is 0.216 e. The number of halogens is 1. The van der Waals surface area contributed by atoms with Gasteiger partial charge < -0.3 is 0 Å². The molecule has 35 heavy (non-hydrogen) atoms. The van der Waals surface area contributed by atoms with Crippen LogP contribution in [0.5, 0.6) is 0 Å². The van der Waals surface area contributed by atoms with Gasteiger partial charge in [-0.2, -0.15) is 4.31 Å². The molecule has 3 heterocycles. The van der Waals surface area contributed by atoms with E-state index in [0.29, 0.717) is 18.8 Å². The van der Waals surface area contributed by atoms with Crippen molar-refractivity contribution in [2.24, 2.45) is 0 Å². The van der Waals surface area contributed by atoms with Gasteiger partial charge in [-0.15, -0.1) is 5.10 Å². The molecule has 0 aliphatic carbocycles. The Morgan fingerprint density at radius 2 is 1.74 bits per heavy atom. The Balaban J connectivity index is 1.14. The van der Waals surface area contributed by atoms with Crippen LogP contribution in [0.25, 0.3) is 0 Å². The van der Waals surface area contributed by atoms with Gasteiger partial charge in [-0.25, -0.2) is 17.5 Å². The van der Waals surface area contributed by atoms with Gasteiger partial charge in [0.1, 0.15) is 5.82 Å². The lowest BCUT2D eigenvalue weighted by atomic mass is 10.1. The number of piperazine rings is 1. The number of rotatable bonds is 7. The van der Waals surface area contributed by atoms with Crippen molar-refractivity contribution >= 4 is 10.0 Å². The summed E-state index contributed by atoms with van der Waals surface area (Å²) in [4.78, 5) is 4.75. The Morgan fingerprint density at radius 3 is 2.49 bits per heavy atom. The van der Waals surface area contributed by atoms with Crippen LogP contribution in [-0.2, 0) is 29.7 Å². The van der Waals surface area contributed by atoms with Crippen LogP contribution >= 0.6 is 0 Å². The monoisotopic (exact) mass is 498 g/mol. The van der Waals surface area contributed by atoms with E-state index in [1.807, 2.05) is 0 Å². The molecular weight excluding hydrogens is 467 g/mol. The Bertz CT molecular complexity index is 1250. The van der Waals surface area contributed by atoms with Crippen LogP contribution in [0, 0.1) is 12.7 Å². The molecule has 0 N–H and O–H groups in total. The van der Waals surface area contributed by atoms with Crippen molar-refractivity contribution in [3.8, 4) is 0 Å². The van der Waals surface area contributed by atoms with Gasteiger partial charge >= 0.3 is 0 Å². The lowest BCUT2D eigenvalue weighted by molar-refractivity contribution is 0.0966. The number of hydrogen-bond acceptors (Lipinski definition) is 6. The quantitative estimate of drug-likeness (QED) is 0.497. The summed E-state index contributed by atoms with van der Waals surface area (Å²) in [6, 6.07) is 14.8. The highest BCUT2D eigenvalue weighted by molar-refractivity contribution is 7.89. The minimum absolute atomic E-state index is 0.00428. The molecule has 0 bridgehead atoms. The van der Waals surface area contributed by atoms with Gasteiger partial charge in [-0.1, -0.05) is 47.2 Å². The van der Waals surface area contributed by atoms with Gasteiger partial charge in [-0.05, 0) is 30.2 Å². The molecule has 2 aromatic carbocycles. The Kier molecular flexibility index (Phi) is 6.97. The highest BCUT2D eigenvalue weighted by atomic mass is 32.2. The fourth-order valence-corrected chi connectivity index (χ4v) is 6.68. The summed E-state index contributed by atoms with van der Waals surface area (Å²) in [7, 11) is -3.35. The van der Waals surface area contributed by atoms with Crippen molar-refractivity contribution in [2.45, 2.75) is 32.6 Å². The minimum atomic E-state index is -3.35. The molecule has 0 radical (unpaired) electrons. The first-order chi connectivity index (χ1) is 16.8. The second-order valence-electron chi connectivity index (χ2n) is 9.56. The number of nitrogens with zero attached hydrogens (tertiary/aromatic N) is 6. The molecule has 10 heteroatoms. The van der Waals surface area contributed by atoms with Gasteiger partial charge in [0.2, 0.25) is 10.0 Å². The first kappa shape index (κ1) is 24.1. The Labute approximate surface area is 206 Å². The van der Waals surface area contributed by atoms with Gasteiger partial charge in [0.25, 0.3) is 0 Å². The van der Waals surface area contributed by atoms with E-state index in [9.17, 15) is 12.8 Å². The van der Waals surface area contributed by atoms with Crippen molar-refractivity contribution in [1.82, 2.24) is 29.1 Å². The fraction of sp³-hybridized carbons (Fsp3) is 0.440. The molecule has 2 aliphatic rings. The summed E-state index contributed by atoms with van der Waals surface area (Å²) in [5.41, 5.74) is 4.10. The number of benzene rings is 2. The molecule has 3 aromatic rings. The van der Waals surface area contributed by atoms with Crippen LogP contribution in [0.3, 0.4) is 0 Å². The van der Waals surface area contributed by atoms with E-state index in [0.717, 1.165) is 38.3 Å². The van der Waals surface area contributed by atoms with Gasteiger partial charge in [-0.3, -0.25) is 9.80 Å². The van der Waals surface area contributed by atoms with E-state index in [2.05, 4.69) is 51.3 Å². The zero-order valence-corrected chi connectivity index (χ0v) is 20.7. The summed E-state index contributed by atoms with van der Waals surface area (Å²) in [5.74, 6) is -0.135. The summed E-state index contributed by atoms with van der Waals surface area (Å²) in [6.45, 7) is 7.79. The maximum atomic E-state index is 13.1. The predicted molar refractivity (Wildman–Crippen MR) is 132 cm³/mol. The van der Waals surface area contributed by atoms with Crippen LogP contribution in [0.4, 0.5) is 4.39 Å². The molecular formula is C25H31FN6O2S. The first-order valence-electron chi connectivity index (χ1n) is 12.0. The van der Waals surface area contributed by atoms with Gasteiger partial charge in [0, 0.05) is 45.3 Å². The SMILES string of the molecule is Cc1cccc(CN2CCN(C3CN(Cc4cn(Cc5ccc(F)cc5)nn4)S(=O)(=O)C3)CC2)c1. The molecule has 186 valence electrons. The van der Waals surface area contributed by atoms with E-state index in [4.69, 9.17) is 0 Å². The topological polar surface area (TPSA) is 74.6 Å². The van der Waals surface area contributed by atoms with Crippen LogP contribution in [-0.4, -0.2) is 82.0 Å². The van der Waals surface area contributed by atoms with E-state index in [1.165, 1.54) is 27.6 Å². The molecule has 2 fully saturated rings.